The molecule has 0 bridgehead atoms. The van der Waals surface area contributed by atoms with Crippen LogP contribution in [0.4, 0.5) is 0 Å². The van der Waals surface area contributed by atoms with Crippen LogP contribution in [-0.2, 0) is 18.5 Å². The smallest absolute Gasteiger partial charge is 0.305 e. The number of methoxy groups -OCH3 is 1. The molecule has 0 saturated carbocycles. The largest absolute Gasteiger partial charge is 0.469 e. The Morgan fingerprint density at radius 3 is 2.00 bits per heavy atom. The van der Waals surface area contributed by atoms with Crippen LogP contribution in [-0.4, -0.2) is 42.0 Å². The Labute approximate surface area is 118 Å². The Hall–Kier alpha value is -0.666. The van der Waals surface area contributed by atoms with Crippen molar-refractivity contribution < 1.29 is 18.5 Å². The van der Waals surface area contributed by atoms with Crippen LogP contribution in [0, 0.1) is 0 Å². The molecule has 0 unspecified atom stereocenters. The molecule has 0 spiro atoms. The number of hydrogen-bond acceptors (Lipinski definition) is 5. The molecule has 7 heteroatoms. The van der Waals surface area contributed by atoms with Crippen molar-refractivity contribution in [2.24, 2.45) is 5.16 Å². The maximum atomic E-state index is 11.2. The molecule has 0 aromatic rings. The van der Waals surface area contributed by atoms with Crippen molar-refractivity contribution >= 4 is 28.3 Å². The van der Waals surface area contributed by atoms with Crippen molar-refractivity contribution in [1.29, 1.82) is 0 Å². The van der Waals surface area contributed by atoms with E-state index in [0.717, 1.165) is 5.71 Å². The van der Waals surface area contributed by atoms with Crippen LogP contribution in [0.2, 0.25) is 39.3 Å². The molecular weight excluding hydrogens is 278 g/mol. The van der Waals surface area contributed by atoms with E-state index in [0.29, 0.717) is 19.4 Å². The summed E-state index contributed by atoms with van der Waals surface area (Å²) in [5.41, 5.74) is 0.773. The molecule has 0 rings (SSSR count). The lowest BCUT2D eigenvalue weighted by Crippen LogP contribution is -2.30. The van der Waals surface area contributed by atoms with Gasteiger partial charge in [0, 0.05) is 6.42 Å². The molecule has 5 nitrogen and oxygen atoms in total. The lowest BCUT2D eigenvalue weighted by atomic mass is 10.2. The summed E-state index contributed by atoms with van der Waals surface area (Å²) in [5, 5.41) is 4.17. The fraction of sp³-hybridized carbons (Fsp3) is 0.833. The molecule has 0 aliphatic rings. The second kappa shape index (κ2) is 7.81. The number of ether oxygens (including phenoxy) is 1. The number of hydrogen-bond donors (Lipinski definition) is 0. The minimum atomic E-state index is -1.71. The van der Waals surface area contributed by atoms with Crippen LogP contribution in [0.3, 0.4) is 0 Å². The number of carbonyl (C=O) groups excluding carboxylic acids is 1. The van der Waals surface area contributed by atoms with Gasteiger partial charge in [-0.15, -0.1) is 5.16 Å². The summed E-state index contributed by atoms with van der Waals surface area (Å²) in [5.74, 6) is -0.242. The van der Waals surface area contributed by atoms with E-state index in [1.165, 1.54) is 7.11 Å². The SMILES string of the molecule is COC(=O)CC/C(CO[Si](C)(C)C)=N\O[Si](C)(C)C. The first-order valence-electron chi connectivity index (χ1n) is 6.48. The van der Waals surface area contributed by atoms with Gasteiger partial charge >= 0.3 is 5.97 Å². The first-order valence-corrected chi connectivity index (χ1v) is 13.3. The number of nitrogens with zero attached hydrogens (tertiary/aromatic N) is 1. The second-order valence-electron chi connectivity index (χ2n) is 6.34. The van der Waals surface area contributed by atoms with Gasteiger partial charge in [-0.2, -0.15) is 0 Å². The van der Waals surface area contributed by atoms with Crippen LogP contribution in [0.25, 0.3) is 0 Å². The lowest BCUT2D eigenvalue weighted by Gasteiger charge is -2.19. The van der Waals surface area contributed by atoms with Crippen LogP contribution in [0.15, 0.2) is 5.16 Å². The van der Waals surface area contributed by atoms with Gasteiger partial charge in [0.25, 0.3) is 8.32 Å². The van der Waals surface area contributed by atoms with E-state index in [9.17, 15) is 4.79 Å². The Morgan fingerprint density at radius 1 is 1.00 bits per heavy atom. The number of oxime groups is 1. The zero-order valence-electron chi connectivity index (χ0n) is 13.2. The quantitative estimate of drug-likeness (QED) is 0.299. The van der Waals surface area contributed by atoms with E-state index in [4.69, 9.17) is 8.95 Å². The highest BCUT2D eigenvalue weighted by atomic mass is 28.4. The summed E-state index contributed by atoms with van der Waals surface area (Å²) in [6, 6.07) is 0. The maximum Gasteiger partial charge on any atom is 0.305 e. The van der Waals surface area contributed by atoms with Gasteiger partial charge in [-0.1, -0.05) is 0 Å². The number of esters is 1. The minimum Gasteiger partial charge on any atom is -0.469 e. The fourth-order valence-corrected chi connectivity index (χ4v) is 2.00. The van der Waals surface area contributed by atoms with Gasteiger partial charge < -0.3 is 13.7 Å². The van der Waals surface area contributed by atoms with E-state index >= 15 is 0 Å². The van der Waals surface area contributed by atoms with E-state index < -0.39 is 16.6 Å². The third kappa shape index (κ3) is 12.1. The van der Waals surface area contributed by atoms with Crippen LogP contribution in [0.1, 0.15) is 12.8 Å². The first-order chi connectivity index (χ1) is 8.53. The summed E-state index contributed by atoms with van der Waals surface area (Å²) in [6.07, 6.45) is 0.821. The molecule has 112 valence electrons. The predicted molar refractivity (Wildman–Crippen MR) is 82.4 cm³/mol. The average molecular weight is 306 g/mol. The van der Waals surface area contributed by atoms with Gasteiger partial charge in [0.1, 0.15) is 0 Å². The summed E-state index contributed by atoms with van der Waals surface area (Å²) < 4.78 is 16.0. The van der Waals surface area contributed by atoms with Crippen molar-refractivity contribution in [1.82, 2.24) is 0 Å². The average Bonchev–Trinajstić information content (AvgIpc) is 2.24. The topological polar surface area (TPSA) is 57.1 Å². The molecule has 0 N–H and O–H groups in total. The summed E-state index contributed by atoms with van der Waals surface area (Å²) in [6.45, 7) is 13.0. The van der Waals surface area contributed by atoms with Crippen molar-refractivity contribution in [2.45, 2.75) is 52.1 Å². The Kier molecular flexibility index (Phi) is 7.54. The predicted octanol–water partition coefficient (Wildman–Crippen LogP) is 3.00. The number of rotatable bonds is 8. The standard InChI is InChI=1S/C12H27NO4Si2/c1-15-12(14)9-8-11(10-16-18(2,3)4)13-17-19(5,6)7/h8-10H2,1-7H3/b13-11+. The van der Waals surface area contributed by atoms with Crippen LogP contribution < -0.4 is 0 Å². The maximum absolute atomic E-state index is 11.2. The van der Waals surface area contributed by atoms with Crippen molar-refractivity contribution in [3.8, 4) is 0 Å². The molecule has 0 atom stereocenters. The van der Waals surface area contributed by atoms with Gasteiger partial charge in [0.2, 0.25) is 0 Å². The van der Waals surface area contributed by atoms with Gasteiger partial charge in [0.05, 0.1) is 25.8 Å². The molecular formula is C12H27NO4Si2. The van der Waals surface area contributed by atoms with Crippen molar-refractivity contribution in [3.63, 3.8) is 0 Å². The minimum absolute atomic E-state index is 0.242. The molecule has 0 fully saturated rings. The highest BCUT2D eigenvalue weighted by molar-refractivity contribution is 6.70. The summed E-state index contributed by atoms with van der Waals surface area (Å²) in [4.78, 5) is 11.2. The zero-order valence-corrected chi connectivity index (χ0v) is 15.2. The van der Waals surface area contributed by atoms with Crippen LogP contribution >= 0.6 is 0 Å². The van der Waals surface area contributed by atoms with E-state index in [1.54, 1.807) is 0 Å². The van der Waals surface area contributed by atoms with Gasteiger partial charge in [0.15, 0.2) is 8.32 Å². The van der Waals surface area contributed by atoms with Crippen molar-refractivity contribution in [2.75, 3.05) is 13.7 Å². The van der Waals surface area contributed by atoms with Gasteiger partial charge in [-0.25, -0.2) is 0 Å². The third-order valence-corrected chi connectivity index (χ3v) is 3.62. The highest BCUT2D eigenvalue weighted by Crippen LogP contribution is 2.08. The third-order valence-electron chi connectivity index (χ3n) is 1.97. The number of carbonyl (C=O) groups is 1. The lowest BCUT2D eigenvalue weighted by molar-refractivity contribution is -0.140. The zero-order chi connectivity index (χ0) is 15.1. The van der Waals surface area contributed by atoms with Crippen molar-refractivity contribution in [3.05, 3.63) is 0 Å². The Balaban J connectivity index is 4.50. The molecule has 0 heterocycles. The molecule has 0 aromatic heterocycles. The molecule has 0 saturated heterocycles. The van der Waals surface area contributed by atoms with E-state index in [2.05, 4.69) is 49.2 Å². The Bertz CT molecular complexity index is 319. The summed E-state index contributed by atoms with van der Waals surface area (Å²) >= 11 is 0. The Morgan fingerprint density at radius 2 is 1.58 bits per heavy atom. The normalized spacial score (nSPS) is 13.3. The fourth-order valence-electron chi connectivity index (χ4n) is 0.994. The second-order valence-corrected chi connectivity index (χ2v) is 15.3. The summed E-state index contributed by atoms with van der Waals surface area (Å²) in [7, 11) is -1.92. The molecule has 0 aromatic carbocycles. The molecule has 0 amide bonds. The van der Waals surface area contributed by atoms with E-state index in [1.807, 2.05) is 0 Å². The first kappa shape index (κ1) is 18.3. The highest BCUT2D eigenvalue weighted by Gasteiger charge is 2.19. The molecule has 0 aliphatic carbocycles. The van der Waals surface area contributed by atoms with Crippen LogP contribution in [0.5, 0.6) is 0 Å². The monoisotopic (exact) mass is 305 g/mol. The molecule has 0 aliphatic heterocycles. The molecule has 19 heavy (non-hydrogen) atoms. The van der Waals surface area contributed by atoms with Gasteiger partial charge in [-0.3, -0.25) is 4.79 Å². The van der Waals surface area contributed by atoms with E-state index in [-0.39, 0.29) is 5.97 Å². The van der Waals surface area contributed by atoms with Gasteiger partial charge in [-0.05, 0) is 39.3 Å². The molecule has 0 radical (unpaired) electrons.